The van der Waals surface area contributed by atoms with Crippen LogP contribution in [0.25, 0.3) is 0 Å². The number of hydrogen-bond donors (Lipinski definition) is 0. The molecule has 20 heavy (non-hydrogen) atoms. The number of hydrogen-bond acceptors (Lipinski definition) is 5. The Hall–Kier alpha value is -1.96. The van der Waals surface area contributed by atoms with Crippen molar-refractivity contribution in [1.82, 2.24) is 0 Å². The second-order valence-electron chi connectivity index (χ2n) is 3.34. The molecule has 0 aliphatic carbocycles. The number of non-ortho nitro benzene ring substituents is 2. The predicted molar refractivity (Wildman–Crippen MR) is 65.6 cm³/mol. The third-order valence-corrected chi connectivity index (χ3v) is 2.01. The van der Waals surface area contributed by atoms with E-state index >= 15 is 0 Å². The molecule has 0 atom stereocenters. The van der Waals surface area contributed by atoms with Crippen LogP contribution < -0.4 is 34.7 Å². The summed E-state index contributed by atoms with van der Waals surface area (Å²) in [4.78, 5) is 19.0. The van der Waals surface area contributed by atoms with E-state index in [1.165, 1.54) is 12.1 Å². The van der Waals surface area contributed by atoms with Crippen LogP contribution in [0.15, 0.2) is 54.6 Å². The van der Waals surface area contributed by atoms with Gasteiger partial charge < -0.3 is 5.11 Å². The van der Waals surface area contributed by atoms with E-state index in [2.05, 4.69) is 0 Å². The van der Waals surface area contributed by atoms with Crippen LogP contribution in [0.4, 0.5) is 11.4 Å². The number of rotatable bonds is 2. The maximum absolute atomic E-state index is 10.3. The van der Waals surface area contributed by atoms with Crippen molar-refractivity contribution in [1.29, 1.82) is 0 Å². The number of nitrogens with zero attached hydrogens (tertiary/aromatic N) is 2. The molecular formula is C12H9N2NaO5. The van der Waals surface area contributed by atoms with Gasteiger partial charge in [-0.2, -0.15) is 0 Å². The minimum Gasteiger partial charge on any atom is -0.872 e. The molecule has 0 unspecified atom stereocenters. The molecule has 8 heteroatoms. The van der Waals surface area contributed by atoms with Gasteiger partial charge in [-0.25, -0.2) is 0 Å². The van der Waals surface area contributed by atoms with E-state index in [1.54, 1.807) is 12.1 Å². The first kappa shape index (κ1) is 18.0. The zero-order valence-corrected chi connectivity index (χ0v) is 12.6. The fraction of sp³-hybridized carbons (Fsp3) is 0. The maximum atomic E-state index is 10.3. The molecule has 0 fully saturated rings. The SMILES string of the molecule is O=[N+]([O-])c1ccc([N+](=O)[O-])cc1.[Na+].[O-]c1ccccc1. The van der Waals surface area contributed by atoms with Gasteiger partial charge in [0, 0.05) is 24.3 Å². The van der Waals surface area contributed by atoms with Crippen molar-refractivity contribution in [3.8, 4) is 5.75 Å². The summed E-state index contributed by atoms with van der Waals surface area (Å²) >= 11 is 0. The summed E-state index contributed by atoms with van der Waals surface area (Å²) in [5.41, 5.74) is -0.304. The van der Waals surface area contributed by atoms with Gasteiger partial charge >= 0.3 is 29.6 Å². The number of nitro groups is 2. The largest absolute Gasteiger partial charge is 1.00 e. The molecule has 0 saturated carbocycles. The third kappa shape index (κ3) is 6.28. The fourth-order valence-electron chi connectivity index (χ4n) is 1.12. The van der Waals surface area contributed by atoms with Crippen molar-refractivity contribution in [3.05, 3.63) is 74.8 Å². The van der Waals surface area contributed by atoms with Crippen LogP contribution in [0.1, 0.15) is 0 Å². The van der Waals surface area contributed by atoms with Crippen LogP contribution in [0.5, 0.6) is 5.75 Å². The molecule has 0 aliphatic heterocycles. The van der Waals surface area contributed by atoms with E-state index in [0.717, 1.165) is 24.3 Å². The molecule has 0 heterocycles. The van der Waals surface area contributed by atoms with E-state index in [-0.39, 0.29) is 46.7 Å². The average Bonchev–Trinajstić information content (AvgIpc) is 2.40. The van der Waals surface area contributed by atoms with Crippen molar-refractivity contribution in [2.24, 2.45) is 0 Å². The average molecular weight is 284 g/mol. The first-order chi connectivity index (χ1) is 9.00. The first-order valence-corrected chi connectivity index (χ1v) is 5.11. The van der Waals surface area contributed by atoms with Crippen LogP contribution in [-0.4, -0.2) is 9.85 Å². The molecule has 2 rings (SSSR count). The van der Waals surface area contributed by atoms with Crippen molar-refractivity contribution in [2.45, 2.75) is 0 Å². The van der Waals surface area contributed by atoms with Crippen LogP contribution >= 0.6 is 0 Å². The maximum Gasteiger partial charge on any atom is 1.00 e. The van der Waals surface area contributed by atoms with Gasteiger partial charge in [-0.3, -0.25) is 20.2 Å². The van der Waals surface area contributed by atoms with Gasteiger partial charge in [-0.15, -0.1) is 5.75 Å². The third-order valence-electron chi connectivity index (χ3n) is 2.01. The molecule has 0 saturated heterocycles. The summed E-state index contributed by atoms with van der Waals surface area (Å²) in [6.07, 6.45) is 0. The van der Waals surface area contributed by atoms with Crippen molar-refractivity contribution >= 4 is 11.4 Å². The summed E-state index contributed by atoms with van der Waals surface area (Å²) in [5, 5.41) is 30.5. The number of benzene rings is 2. The van der Waals surface area contributed by atoms with Crippen LogP contribution in [0, 0.1) is 20.2 Å². The minimum atomic E-state index is -0.607. The standard InChI is InChI=1S/C6H4N2O4.C6H6O.Na/c9-7(10)5-1-2-6(4-3-5)8(11)12;7-6-4-2-1-3-5-6;/h1-4H;1-5,7H;/q;;+1/p-1. The van der Waals surface area contributed by atoms with Crippen molar-refractivity contribution < 1.29 is 44.5 Å². The van der Waals surface area contributed by atoms with Gasteiger partial charge in [-0.05, 0) is 0 Å². The molecular weight excluding hydrogens is 275 g/mol. The Balaban J connectivity index is 0.000000387. The Labute approximate surface area is 136 Å². The second-order valence-corrected chi connectivity index (χ2v) is 3.34. The van der Waals surface area contributed by atoms with E-state index < -0.39 is 9.85 Å². The molecule has 0 aromatic heterocycles. The smallest absolute Gasteiger partial charge is 0.872 e. The van der Waals surface area contributed by atoms with Gasteiger partial charge in [0.05, 0.1) is 9.85 Å². The van der Waals surface area contributed by atoms with E-state index in [9.17, 15) is 25.3 Å². The summed E-state index contributed by atoms with van der Waals surface area (Å²) in [6, 6.07) is 12.7. The molecule has 7 nitrogen and oxygen atoms in total. The normalized spacial score (nSPS) is 8.60. The monoisotopic (exact) mass is 284 g/mol. The molecule has 0 radical (unpaired) electrons. The van der Waals surface area contributed by atoms with Gasteiger partial charge in [-0.1, -0.05) is 30.3 Å². The molecule has 0 N–H and O–H groups in total. The topological polar surface area (TPSA) is 109 Å². The van der Waals surface area contributed by atoms with Gasteiger partial charge in [0.25, 0.3) is 11.4 Å². The Kier molecular flexibility index (Phi) is 8.14. The van der Waals surface area contributed by atoms with Gasteiger partial charge in [0.1, 0.15) is 0 Å². The Morgan fingerprint density at radius 2 is 1.05 bits per heavy atom. The van der Waals surface area contributed by atoms with Crippen LogP contribution in [0.3, 0.4) is 0 Å². The molecule has 0 amide bonds. The zero-order chi connectivity index (χ0) is 14.3. The fourth-order valence-corrected chi connectivity index (χ4v) is 1.12. The number of nitro benzene ring substituents is 2. The minimum absolute atomic E-state index is 0. The molecule has 0 bridgehead atoms. The van der Waals surface area contributed by atoms with E-state index in [4.69, 9.17) is 0 Å². The summed E-state index contributed by atoms with van der Waals surface area (Å²) in [5.74, 6) is 0.0718. The Morgan fingerprint density at radius 1 is 0.700 bits per heavy atom. The van der Waals surface area contributed by atoms with Crippen LogP contribution in [0.2, 0.25) is 0 Å². The number of para-hydroxylation sites is 1. The van der Waals surface area contributed by atoms with Crippen LogP contribution in [-0.2, 0) is 0 Å². The van der Waals surface area contributed by atoms with E-state index in [1.807, 2.05) is 6.07 Å². The second kappa shape index (κ2) is 9.03. The van der Waals surface area contributed by atoms with Gasteiger partial charge in [0.2, 0.25) is 0 Å². The quantitative estimate of drug-likeness (QED) is 0.410. The molecule has 98 valence electrons. The van der Waals surface area contributed by atoms with E-state index in [0.29, 0.717) is 0 Å². The Bertz CT molecular complexity index is 527. The first-order valence-electron chi connectivity index (χ1n) is 5.11. The molecule has 2 aromatic rings. The van der Waals surface area contributed by atoms with Crippen molar-refractivity contribution in [2.75, 3.05) is 0 Å². The summed E-state index contributed by atoms with van der Waals surface area (Å²) < 4.78 is 0. The molecule has 0 aliphatic rings. The molecule has 2 aromatic carbocycles. The summed E-state index contributed by atoms with van der Waals surface area (Å²) in [7, 11) is 0. The Morgan fingerprint density at radius 3 is 1.25 bits per heavy atom. The molecule has 0 spiro atoms. The predicted octanol–water partition coefficient (Wildman–Crippen LogP) is -0.733. The summed E-state index contributed by atoms with van der Waals surface area (Å²) in [6.45, 7) is 0. The van der Waals surface area contributed by atoms with Crippen molar-refractivity contribution in [3.63, 3.8) is 0 Å². The zero-order valence-electron chi connectivity index (χ0n) is 10.6. The van der Waals surface area contributed by atoms with Gasteiger partial charge in [0.15, 0.2) is 0 Å².